The molecule has 2 N–H and O–H groups in total. The van der Waals surface area contributed by atoms with Crippen LogP contribution in [0, 0.1) is 6.92 Å². The summed E-state index contributed by atoms with van der Waals surface area (Å²) in [5.74, 6) is 0. The fourth-order valence-electron chi connectivity index (χ4n) is 1.93. The van der Waals surface area contributed by atoms with Gasteiger partial charge in [-0.25, -0.2) is 0 Å². The van der Waals surface area contributed by atoms with Crippen LogP contribution in [0.25, 0.3) is 0 Å². The zero-order chi connectivity index (χ0) is 13.1. The third-order valence-corrected chi connectivity index (χ3v) is 3.05. The first-order valence-electron chi connectivity index (χ1n) is 5.65. The van der Waals surface area contributed by atoms with Crippen LogP contribution in [-0.2, 0) is 0 Å². The number of para-hydroxylation sites is 1. The molecule has 1 aromatic carbocycles. The number of anilines is 2. The Hall–Kier alpha value is -1.94. The number of hydrogen-bond acceptors (Lipinski definition) is 3. The topological polar surface area (TPSA) is 42.2 Å². The maximum absolute atomic E-state index is 5.71. The number of benzene rings is 1. The molecule has 0 aliphatic rings. The lowest BCUT2D eigenvalue weighted by molar-refractivity contribution is 1.15. The second kappa shape index (κ2) is 5.14. The molecule has 0 bridgehead atoms. The number of nitrogens with zero attached hydrogens (tertiary/aromatic N) is 2. The van der Waals surface area contributed by atoms with Crippen LogP contribution in [0.5, 0.6) is 0 Å². The standard InChI is InChI=1S/C14H15N3S/c1-10-6-3-4-7-11(10)17(2)12-8-5-9-16-13(12)14(15)18/h3-9H,1-2H3,(H2,15,18). The molecule has 0 aliphatic carbocycles. The van der Waals surface area contributed by atoms with Gasteiger partial charge in [-0.2, -0.15) is 0 Å². The summed E-state index contributed by atoms with van der Waals surface area (Å²) in [5.41, 5.74) is 9.58. The smallest absolute Gasteiger partial charge is 0.124 e. The molecule has 1 aromatic heterocycles. The van der Waals surface area contributed by atoms with Gasteiger partial charge in [0.2, 0.25) is 0 Å². The molecule has 0 unspecified atom stereocenters. The third kappa shape index (κ3) is 2.33. The fraction of sp³-hybridized carbons (Fsp3) is 0.143. The van der Waals surface area contributed by atoms with Crippen LogP contribution in [0.1, 0.15) is 11.3 Å². The molecule has 0 atom stereocenters. The van der Waals surface area contributed by atoms with Gasteiger partial charge in [-0.05, 0) is 30.7 Å². The summed E-state index contributed by atoms with van der Waals surface area (Å²) in [7, 11) is 1.99. The second-order valence-corrected chi connectivity index (χ2v) is 4.52. The summed E-state index contributed by atoms with van der Waals surface area (Å²) >= 11 is 5.04. The average Bonchev–Trinajstić information content (AvgIpc) is 2.38. The van der Waals surface area contributed by atoms with Gasteiger partial charge in [-0.3, -0.25) is 4.98 Å². The van der Waals surface area contributed by atoms with Crippen LogP contribution < -0.4 is 10.6 Å². The lowest BCUT2D eigenvalue weighted by Crippen LogP contribution is -2.19. The highest BCUT2D eigenvalue weighted by atomic mass is 32.1. The summed E-state index contributed by atoms with van der Waals surface area (Å²) in [6.45, 7) is 2.07. The summed E-state index contributed by atoms with van der Waals surface area (Å²) in [4.78, 5) is 6.61. The first-order valence-corrected chi connectivity index (χ1v) is 6.06. The molecule has 0 spiro atoms. The minimum absolute atomic E-state index is 0.311. The van der Waals surface area contributed by atoms with E-state index in [9.17, 15) is 0 Å². The van der Waals surface area contributed by atoms with Crippen LogP contribution >= 0.6 is 12.2 Å². The van der Waals surface area contributed by atoms with Gasteiger partial charge >= 0.3 is 0 Å². The van der Waals surface area contributed by atoms with Crippen LogP contribution in [0.2, 0.25) is 0 Å². The van der Waals surface area contributed by atoms with Crippen molar-refractivity contribution < 1.29 is 0 Å². The highest BCUT2D eigenvalue weighted by molar-refractivity contribution is 7.80. The van der Waals surface area contributed by atoms with Crippen molar-refractivity contribution in [3.8, 4) is 0 Å². The molecule has 92 valence electrons. The molecule has 2 rings (SSSR count). The number of nitrogens with two attached hydrogens (primary N) is 1. The van der Waals surface area contributed by atoms with E-state index in [4.69, 9.17) is 18.0 Å². The number of hydrogen-bond donors (Lipinski definition) is 1. The number of aromatic nitrogens is 1. The van der Waals surface area contributed by atoms with Crippen molar-refractivity contribution in [2.75, 3.05) is 11.9 Å². The van der Waals surface area contributed by atoms with Crippen LogP contribution in [0.3, 0.4) is 0 Å². The van der Waals surface area contributed by atoms with Crippen molar-refractivity contribution in [3.63, 3.8) is 0 Å². The highest BCUT2D eigenvalue weighted by Crippen LogP contribution is 2.28. The summed E-state index contributed by atoms with van der Waals surface area (Å²) in [6.07, 6.45) is 1.70. The minimum Gasteiger partial charge on any atom is -0.388 e. The summed E-state index contributed by atoms with van der Waals surface area (Å²) in [5, 5.41) is 0. The lowest BCUT2D eigenvalue weighted by atomic mass is 10.1. The summed E-state index contributed by atoms with van der Waals surface area (Å²) < 4.78 is 0. The van der Waals surface area contributed by atoms with E-state index < -0.39 is 0 Å². The third-order valence-electron chi connectivity index (χ3n) is 2.86. The average molecular weight is 257 g/mol. The van der Waals surface area contributed by atoms with Gasteiger partial charge in [0, 0.05) is 18.9 Å². The van der Waals surface area contributed by atoms with Crippen molar-refractivity contribution in [2.45, 2.75) is 6.92 Å². The Bertz CT molecular complexity index is 581. The zero-order valence-corrected chi connectivity index (χ0v) is 11.2. The maximum Gasteiger partial charge on any atom is 0.124 e. The predicted molar refractivity (Wildman–Crippen MR) is 79.4 cm³/mol. The van der Waals surface area contributed by atoms with E-state index in [2.05, 4.69) is 28.9 Å². The molecule has 1 heterocycles. The van der Waals surface area contributed by atoms with E-state index in [0.717, 1.165) is 11.4 Å². The molecule has 18 heavy (non-hydrogen) atoms. The molecule has 3 nitrogen and oxygen atoms in total. The van der Waals surface area contributed by atoms with Gasteiger partial charge in [-0.1, -0.05) is 30.4 Å². The molecule has 0 radical (unpaired) electrons. The van der Waals surface area contributed by atoms with Crippen LogP contribution in [0.15, 0.2) is 42.6 Å². The van der Waals surface area contributed by atoms with Gasteiger partial charge in [0.15, 0.2) is 0 Å². The molecule has 0 saturated carbocycles. The van der Waals surface area contributed by atoms with Gasteiger partial charge in [0.25, 0.3) is 0 Å². The van der Waals surface area contributed by atoms with Crippen molar-refractivity contribution >= 4 is 28.6 Å². The Kier molecular flexibility index (Phi) is 3.58. The van der Waals surface area contributed by atoms with Gasteiger partial charge < -0.3 is 10.6 Å². The SMILES string of the molecule is Cc1ccccc1N(C)c1cccnc1C(N)=S. The monoisotopic (exact) mass is 257 g/mol. The number of rotatable bonds is 3. The largest absolute Gasteiger partial charge is 0.388 e. The Morgan fingerprint density at radius 2 is 1.83 bits per heavy atom. The molecule has 0 aliphatic heterocycles. The minimum atomic E-state index is 0.311. The van der Waals surface area contributed by atoms with E-state index in [1.807, 2.05) is 31.3 Å². The van der Waals surface area contributed by atoms with Gasteiger partial charge in [-0.15, -0.1) is 0 Å². The maximum atomic E-state index is 5.71. The quantitative estimate of drug-likeness (QED) is 0.859. The Balaban J connectivity index is 2.50. The Morgan fingerprint density at radius 3 is 2.50 bits per heavy atom. The van der Waals surface area contributed by atoms with Crippen LogP contribution in [0.4, 0.5) is 11.4 Å². The molecular weight excluding hydrogens is 242 g/mol. The normalized spacial score (nSPS) is 10.1. The zero-order valence-electron chi connectivity index (χ0n) is 10.4. The van der Waals surface area contributed by atoms with Gasteiger partial charge in [0.05, 0.1) is 5.69 Å². The van der Waals surface area contributed by atoms with E-state index in [1.54, 1.807) is 6.20 Å². The predicted octanol–water partition coefficient (Wildman–Crippen LogP) is 2.79. The van der Waals surface area contributed by atoms with E-state index in [-0.39, 0.29) is 0 Å². The van der Waals surface area contributed by atoms with E-state index in [0.29, 0.717) is 10.7 Å². The number of pyridine rings is 1. The summed E-state index contributed by atoms with van der Waals surface area (Å²) in [6, 6.07) is 12.0. The lowest BCUT2D eigenvalue weighted by Gasteiger charge is -2.23. The van der Waals surface area contributed by atoms with Gasteiger partial charge in [0.1, 0.15) is 10.7 Å². The molecule has 0 fully saturated rings. The van der Waals surface area contributed by atoms with E-state index in [1.165, 1.54) is 5.56 Å². The molecule has 0 saturated heterocycles. The Labute approximate surface area is 112 Å². The van der Waals surface area contributed by atoms with E-state index >= 15 is 0 Å². The molecular formula is C14H15N3S. The molecule has 0 amide bonds. The Morgan fingerprint density at radius 1 is 1.17 bits per heavy atom. The molecule has 4 heteroatoms. The number of thiocarbonyl (C=S) groups is 1. The van der Waals surface area contributed by atoms with Crippen molar-refractivity contribution in [2.24, 2.45) is 5.73 Å². The van der Waals surface area contributed by atoms with Crippen LogP contribution in [-0.4, -0.2) is 17.0 Å². The number of aryl methyl sites for hydroxylation is 1. The first kappa shape index (κ1) is 12.5. The fourth-order valence-corrected chi connectivity index (χ4v) is 2.08. The molecule has 2 aromatic rings. The highest BCUT2D eigenvalue weighted by Gasteiger charge is 2.12. The first-order chi connectivity index (χ1) is 8.61. The second-order valence-electron chi connectivity index (χ2n) is 4.08. The van der Waals surface area contributed by atoms with Crippen molar-refractivity contribution in [1.29, 1.82) is 0 Å². The van der Waals surface area contributed by atoms with Crippen molar-refractivity contribution in [1.82, 2.24) is 4.98 Å². The van der Waals surface area contributed by atoms with Crippen molar-refractivity contribution in [3.05, 3.63) is 53.9 Å².